The molecule has 1 aliphatic rings. The van der Waals surface area contributed by atoms with Gasteiger partial charge in [0, 0.05) is 19.8 Å². The van der Waals surface area contributed by atoms with E-state index in [4.69, 9.17) is 0 Å². The number of aromatic nitrogens is 1. The van der Waals surface area contributed by atoms with E-state index in [1.807, 2.05) is 0 Å². The zero-order chi connectivity index (χ0) is 14.9. The van der Waals surface area contributed by atoms with Crippen molar-refractivity contribution in [3.63, 3.8) is 0 Å². The van der Waals surface area contributed by atoms with Gasteiger partial charge >= 0.3 is 0 Å². The second kappa shape index (κ2) is 5.55. The number of hydrogen-bond donors (Lipinski definition) is 2. The first-order valence-corrected chi connectivity index (χ1v) is 7.90. The van der Waals surface area contributed by atoms with Crippen LogP contribution in [-0.4, -0.2) is 55.1 Å². The first-order valence-electron chi connectivity index (χ1n) is 6.42. The van der Waals surface area contributed by atoms with E-state index in [0.29, 0.717) is 12.2 Å². The smallest absolute Gasteiger partial charge is 0.270 e. The maximum Gasteiger partial charge on any atom is 0.270 e. The Morgan fingerprint density at radius 2 is 2.25 bits per heavy atom. The largest absolute Gasteiger partial charge is 0.394 e. The highest BCUT2D eigenvalue weighted by Crippen LogP contribution is 2.21. The van der Waals surface area contributed by atoms with Gasteiger partial charge in [-0.3, -0.25) is 4.79 Å². The summed E-state index contributed by atoms with van der Waals surface area (Å²) in [6.45, 7) is 0.515. The Bertz CT molecular complexity index is 608. The standard InChI is InChI=1S/C12H19N3O4S/c1-13-20(18,19)10-6-11(14(2)7-10)12(17)15-5-3-4-9(15)8-16/h6-7,9,13,16H,3-5,8H2,1-2H3. The summed E-state index contributed by atoms with van der Waals surface area (Å²) in [6.07, 6.45) is 3.03. The summed E-state index contributed by atoms with van der Waals surface area (Å²) >= 11 is 0. The second-order valence-electron chi connectivity index (χ2n) is 4.86. The molecule has 2 rings (SSSR count). The number of carbonyl (C=O) groups excluding carboxylic acids is 1. The molecule has 0 spiro atoms. The average Bonchev–Trinajstić information content (AvgIpc) is 3.04. The lowest BCUT2D eigenvalue weighted by Crippen LogP contribution is -2.38. The molecule has 20 heavy (non-hydrogen) atoms. The van der Waals surface area contributed by atoms with Gasteiger partial charge in [-0.25, -0.2) is 13.1 Å². The summed E-state index contributed by atoms with van der Waals surface area (Å²) < 4.78 is 27.2. The summed E-state index contributed by atoms with van der Waals surface area (Å²) in [7, 11) is -0.611. The third kappa shape index (κ3) is 2.58. The van der Waals surface area contributed by atoms with Crippen molar-refractivity contribution in [1.82, 2.24) is 14.2 Å². The number of nitrogens with one attached hydrogen (secondary N) is 1. The van der Waals surface area contributed by atoms with E-state index in [-0.39, 0.29) is 23.5 Å². The second-order valence-corrected chi connectivity index (χ2v) is 6.74. The van der Waals surface area contributed by atoms with Gasteiger partial charge in [-0.2, -0.15) is 0 Å². The average molecular weight is 301 g/mol. The Morgan fingerprint density at radius 1 is 1.55 bits per heavy atom. The van der Waals surface area contributed by atoms with Gasteiger partial charge in [-0.1, -0.05) is 0 Å². The van der Waals surface area contributed by atoms with E-state index in [2.05, 4.69) is 4.72 Å². The zero-order valence-electron chi connectivity index (χ0n) is 11.5. The van der Waals surface area contributed by atoms with Gasteiger partial charge in [0.25, 0.3) is 5.91 Å². The molecule has 1 fully saturated rings. The lowest BCUT2D eigenvalue weighted by Gasteiger charge is -2.23. The molecule has 1 unspecified atom stereocenters. The van der Waals surface area contributed by atoms with Crippen LogP contribution in [0.2, 0.25) is 0 Å². The highest BCUT2D eigenvalue weighted by atomic mass is 32.2. The molecule has 1 atom stereocenters. The Hall–Kier alpha value is -1.38. The fraction of sp³-hybridized carbons (Fsp3) is 0.583. The minimum absolute atomic E-state index is 0.0607. The number of nitrogens with zero attached hydrogens (tertiary/aromatic N) is 2. The zero-order valence-corrected chi connectivity index (χ0v) is 12.4. The molecule has 0 bridgehead atoms. The van der Waals surface area contributed by atoms with Gasteiger partial charge in [0.15, 0.2) is 0 Å². The molecule has 1 aromatic rings. The number of aliphatic hydroxyl groups excluding tert-OH is 1. The van der Waals surface area contributed by atoms with E-state index < -0.39 is 10.0 Å². The summed E-state index contributed by atoms with van der Waals surface area (Å²) in [6, 6.07) is 1.18. The van der Waals surface area contributed by atoms with Crippen molar-refractivity contribution in [3.05, 3.63) is 18.0 Å². The number of aryl methyl sites for hydroxylation is 1. The molecule has 0 aromatic carbocycles. The van der Waals surface area contributed by atoms with Gasteiger partial charge in [0.05, 0.1) is 12.6 Å². The van der Waals surface area contributed by atoms with Crippen LogP contribution >= 0.6 is 0 Å². The predicted molar refractivity (Wildman–Crippen MR) is 72.8 cm³/mol. The first-order chi connectivity index (χ1) is 9.40. The third-order valence-corrected chi connectivity index (χ3v) is 5.01. The molecule has 1 saturated heterocycles. The van der Waals surface area contributed by atoms with Crippen LogP contribution in [0.4, 0.5) is 0 Å². The Balaban J connectivity index is 2.32. The van der Waals surface area contributed by atoms with Crippen molar-refractivity contribution in [3.8, 4) is 0 Å². The number of carbonyl (C=O) groups is 1. The SMILES string of the molecule is CNS(=O)(=O)c1cc(C(=O)N2CCCC2CO)n(C)c1. The van der Waals surface area contributed by atoms with E-state index in [1.54, 1.807) is 11.9 Å². The molecule has 1 aromatic heterocycles. The molecule has 2 heterocycles. The van der Waals surface area contributed by atoms with Gasteiger partial charge < -0.3 is 14.6 Å². The topological polar surface area (TPSA) is 91.6 Å². The molecule has 1 amide bonds. The lowest BCUT2D eigenvalue weighted by molar-refractivity contribution is 0.0668. The number of rotatable bonds is 4. The summed E-state index contributed by atoms with van der Waals surface area (Å²) in [5, 5.41) is 9.27. The molecular weight excluding hydrogens is 282 g/mol. The number of amides is 1. The first kappa shape index (κ1) is 15.0. The van der Waals surface area contributed by atoms with Crippen molar-refractivity contribution in [1.29, 1.82) is 0 Å². The number of aliphatic hydroxyl groups is 1. The Kier molecular flexibility index (Phi) is 4.17. The van der Waals surface area contributed by atoms with Gasteiger partial charge in [0.2, 0.25) is 10.0 Å². The van der Waals surface area contributed by atoms with Crippen LogP contribution in [0.5, 0.6) is 0 Å². The van der Waals surface area contributed by atoms with Crippen LogP contribution in [-0.2, 0) is 17.1 Å². The molecular formula is C12H19N3O4S. The molecule has 1 aliphatic heterocycles. The normalized spacial score (nSPS) is 19.6. The minimum Gasteiger partial charge on any atom is -0.394 e. The van der Waals surface area contributed by atoms with Crippen LogP contribution in [0.25, 0.3) is 0 Å². The van der Waals surface area contributed by atoms with Crippen LogP contribution in [0.15, 0.2) is 17.2 Å². The van der Waals surface area contributed by atoms with E-state index >= 15 is 0 Å². The van der Waals surface area contributed by atoms with Crippen LogP contribution in [0.3, 0.4) is 0 Å². The fourth-order valence-corrected chi connectivity index (χ4v) is 3.25. The monoisotopic (exact) mass is 301 g/mol. The maximum atomic E-state index is 12.4. The molecule has 0 saturated carbocycles. The fourth-order valence-electron chi connectivity index (χ4n) is 2.45. The van der Waals surface area contributed by atoms with E-state index in [0.717, 1.165) is 12.8 Å². The third-order valence-electron chi connectivity index (χ3n) is 3.63. The van der Waals surface area contributed by atoms with Crippen LogP contribution in [0, 0.1) is 0 Å². The van der Waals surface area contributed by atoms with E-state index in [1.165, 1.54) is 23.9 Å². The maximum absolute atomic E-state index is 12.4. The highest BCUT2D eigenvalue weighted by molar-refractivity contribution is 7.89. The van der Waals surface area contributed by atoms with Crippen molar-refractivity contribution in [2.24, 2.45) is 7.05 Å². The van der Waals surface area contributed by atoms with E-state index in [9.17, 15) is 18.3 Å². The summed E-state index contributed by atoms with van der Waals surface area (Å²) in [4.78, 5) is 14.1. The molecule has 8 heteroatoms. The minimum atomic E-state index is -3.57. The van der Waals surface area contributed by atoms with Crippen LogP contribution in [0.1, 0.15) is 23.3 Å². The van der Waals surface area contributed by atoms with Crippen molar-refractivity contribution < 1.29 is 18.3 Å². The summed E-state index contributed by atoms with van der Waals surface area (Å²) in [5.74, 6) is -0.249. The van der Waals surface area contributed by atoms with Crippen molar-refractivity contribution in [2.45, 2.75) is 23.8 Å². The van der Waals surface area contributed by atoms with Gasteiger partial charge in [0.1, 0.15) is 10.6 Å². The Morgan fingerprint density at radius 3 is 2.85 bits per heavy atom. The van der Waals surface area contributed by atoms with Crippen molar-refractivity contribution >= 4 is 15.9 Å². The molecule has 7 nitrogen and oxygen atoms in total. The number of likely N-dealkylation sites (tertiary alicyclic amines) is 1. The number of sulfonamides is 1. The lowest BCUT2D eigenvalue weighted by atomic mass is 10.2. The number of hydrogen-bond acceptors (Lipinski definition) is 4. The van der Waals surface area contributed by atoms with Gasteiger partial charge in [-0.05, 0) is 26.0 Å². The molecule has 0 aliphatic carbocycles. The predicted octanol–water partition coefficient (Wildman–Crippen LogP) is -0.470. The molecule has 112 valence electrons. The summed E-state index contributed by atoms with van der Waals surface area (Å²) in [5.41, 5.74) is 0.305. The van der Waals surface area contributed by atoms with Crippen molar-refractivity contribution in [2.75, 3.05) is 20.2 Å². The Labute approximate surface area is 118 Å². The van der Waals surface area contributed by atoms with Gasteiger partial charge in [-0.15, -0.1) is 0 Å². The quantitative estimate of drug-likeness (QED) is 0.786. The molecule has 2 N–H and O–H groups in total. The van der Waals surface area contributed by atoms with Crippen LogP contribution < -0.4 is 4.72 Å². The highest BCUT2D eigenvalue weighted by Gasteiger charge is 2.31. The molecule has 0 radical (unpaired) electrons.